The van der Waals surface area contributed by atoms with Crippen molar-refractivity contribution in [2.24, 2.45) is 5.92 Å². The van der Waals surface area contributed by atoms with E-state index in [1.807, 2.05) is 18.2 Å². The van der Waals surface area contributed by atoms with Gasteiger partial charge in [0, 0.05) is 18.7 Å². The highest BCUT2D eigenvalue weighted by Crippen LogP contribution is 2.32. The average Bonchev–Trinajstić information content (AvgIpc) is 3.15. The predicted octanol–water partition coefficient (Wildman–Crippen LogP) is 4.80. The number of likely N-dealkylation sites (tertiary alicyclic amines) is 1. The zero-order chi connectivity index (χ0) is 20.9. The molecule has 0 amide bonds. The number of piperidine rings is 1. The first-order valence-electron chi connectivity index (χ1n) is 10.2. The zero-order valence-corrected chi connectivity index (χ0v) is 18.2. The van der Waals surface area contributed by atoms with Crippen LogP contribution in [0.3, 0.4) is 0 Å². The third-order valence-corrected chi connectivity index (χ3v) is 5.94. The van der Waals surface area contributed by atoms with E-state index in [-0.39, 0.29) is 0 Å². The molecule has 4 rings (SSSR count). The number of benzene rings is 2. The summed E-state index contributed by atoms with van der Waals surface area (Å²) in [6, 6.07) is 16.3. The largest absolute Gasteiger partial charge is 0.493 e. The summed E-state index contributed by atoms with van der Waals surface area (Å²) >= 11 is 5.41. The summed E-state index contributed by atoms with van der Waals surface area (Å²) < 4.78 is 18.2. The molecule has 0 bridgehead atoms. The summed E-state index contributed by atoms with van der Waals surface area (Å²) in [5, 5.41) is 4.60. The van der Waals surface area contributed by atoms with Crippen LogP contribution < -0.4 is 9.47 Å². The molecular weight excluding hydrogens is 398 g/mol. The van der Waals surface area contributed by atoms with Gasteiger partial charge in [-0.15, -0.1) is 5.10 Å². The maximum atomic E-state index is 5.76. The Morgan fingerprint density at radius 1 is 1.03 bits per heavy atom. The number of aromatic nitrogens is 2. The number of ether oxygens (including phenoxy) is 2. The van der Waals surface area contributed by atoms with E-state index in [1.165, 1.54) is 18.4 Å². The highest BCUT2D eigenvalue weighted by Gasteiger charge is 2.21. The summed E-state index contributed by atoms with van der Waals surface area (Å²) in [5.74, 6) is 2.51. The van der Waals surface area contributed by atoms with E-state index in [0.29, 0.717) is 28.9 Å². The van der Waals surface area contributed by atoms with Crippen LogP contribution in [0.2, 0.25) is 0 Å². The molecule has 0 atom stereocenters. The molecule has 0 N–H and O–H groups in total. The lowest BCUT2D eigenvalue weighted by atomic mass is 9.90. The van der Waals surface area contributed by atoms with E-state index in [1.54, 1.807) is 18.9 Å². The second-order valence-corrected chi connectivity index (χ2v) is 7.98. The highest BCUT2D eigenvalue weighted by molar-refractivity contribution is 7.71. The van der Waals surface area contributed by atoms with Gasteiger partial charge in [-0.1, -0.05) is 30.3 Å². The molecule has 2 heterocycles. The Kier molecular flexibility index (Phi) is 6.50. The number of hydrogen-bond acceptors (Lipinski definition) is 6. The quantitative estimate of drug-likeness (QED) is 0.507. The van der Waals surface area contributed by atoms with E-state index >= 15 is 0 Å². The molecule has 6 nitrogen and oxygen atoms in total. The van der Waals surface area contributed by atoms with Crippen molar-refractivity contribution in [3.63, 3.8) is 0 Å². The molecule has 158 valence electrons. The molecule has 0 spiro atoms. The van der Waals surface area contributed by atoms with Gasteiger partial charge in [0.2, 0.25) is 5.89 Å². The minimum absolute atomic E-state index is 0.381. The Hall–Kier alpha value is -2.64. The first-order chi connectivity index (χ1) is 14.7. The molecule has 0 unspecified atom stereocenters. The Morgan fingerprint density at radius 3 is 2.47 bits per heavy atom. The average molecular weight is 426 g/mol. The molecule has 0 radical (unpaired) electrons. The van der Waals surface area contributed by atoms with Crippen LogP contribution in [0.25, 0.3) is 11.5 Å². The SMILES string of the molecule is COc1ccc(-c2nn(CN3CCC(Cc4ccccc4)CC3)c(=S)o2)cc1OC. The van der Waals surface area contributed by atoms with Gasteiger partial charge in [-0.05, 0) is 61.2 Å². The van der Waals surface area contributed by atoms with Gasteiger partial charge in [-0.25, -0.2) is 4.68 Å². The smallest absolute Gasteiger partial charge is 0.288 e. The van der Waals surface area contributed by atoms with Gasteiger partial charge in [-0.3, -0.25) is 4.90 Å². The molecule has 1 aliphatic rings. The van der Waals surface area contributed by atoms with Gasteiger partial charge in [0.15, 0.2) is 11.5 Å². The summed E-state index contributed by atoms with van der Waals surface area (Å²) in [6.07, 6.45) is 3.52. The lowest BCUT2D eigenvalue weighted by Crippen LogP contribution is -2.36. The third-order valence-electron chi connectivity index (χ3n) is 5.65. The first kappa shape index (κ1) is 20.6. The van der Waals surface area contributed by atoms with Crippen LogP contribution in [-0.4, -0.2) is 42.0 Å². The van der Waals surface area contributed by atoms with Crippen LogP contribution in [0.1, 0.15) is 18.4 Å². The highest BCUT2D eigenvalue weighted by atomic mass is 32.1. The fraction of sp³-hybridized carbons (Fsp3) is 0.391. The predicted molar refractivity (Wildman–Crippen MR) is 118 cm³/mol. The van der Waals surface area contributed by atoms with Crippen molar-refractivity contribution in [2.75, 3.05) is 27.3 Å². The Balaban J connectivity index is 1.38. The first-order valence-corrected chi connectivity index (χ1v) is 10.6. The second kappa shape index (κ2) is 9.45. The minimum atomic E-state index is 0.381. The van der Waals surface area contributed by atoms with Crippen LogP contribution in [0.5, 0.6) is 11.5 Å². The fourth-order valence-electron chi connectivity index (χ4n) is 3.95. The molecule has 30 heavy (non-hydrogen) atoms. The van der Waals surface area contributed by atoms with Crippen molar-refractivity contribution in [1.29, 1.82) is 0 Å². The van der Waals surface area contributed by atoms with E-state index in [4.69, 9.17) is 26.1 Å². The molecule has 2 aromatic carbocycles. The maximum Gasteiger partial charge on any atom is 0.288 e. The number of hydrogen-bond donors (Lipinski definition) is 0. The minimum Gasteiger partial charge on any atom is -0.493 e. The Bertz CT molecular complexity index is 1020. The molecule has 0 aliphatic carbocycles. The molecular formula is C23H27N3O3S. The van der Waals surface area contributed by atoms with Crippen LogP contribution in [0.15, 0.2) is 52.9 Å². The molecule has 1 aliphatic heterocycles. The van der Waals surface area contributed by atoms with Crippen LogP contribution in [0.4, 0.5) is 0 Å². The number of nitrogens with zero attached hydrogens (tertiary/aromatic N) is 3. The lowest BCUT2D eigenvalue weighted by molar-refractivity contribution is 0.138. The zero-order valence-electron chi connectivity index (χ0n) is 17.4. The van der Waals surface area contributed by atoms with Crippen LogP contribution in [-0.2, 0) is 13.1 Å². The van der Waals surface area contributed by atoms with Crippen LogP contribution in [0, 0.1) is 10.8 Å². The maximum absolute atomic E-state index is 5.76. The van der Waals surface area contributed by atoms with Crippen molar-refractivity contribution in [1.82, 2.24) is 14.7 Å². The van der Waals surface area contributed by atoms with E-state index in [0.717, 1.165) is 31.0 Å². The summed E-state index contributed by atoms with van der Waals surface area (Å²) in [6.45, 7) is 2.73. The lowest BCUT2D eigenvalue weighted by Gasteiger charge is -2.31. The fourth-order valence-corrected chi connectivity index (χ4v) is 4.13. The molecule has 1 saturated heterocycles. The van der Waals surface area contributed by atoms with Gasteiger partial charge in [0.25, 0.3) is 4.84 Å². The molecule has 1 fully saturated rings. The monoisotopic (exact) mass is 425 g/mol. The van der Waals surface area contributed by atoms with Gasteiger partial charge in [0.1, 0.15) is 0 Å². The topological polar surface area (TPSA) is 52.7 Å². The van der Waals surface area contributed by atoms with Crippen molar-refractivity contribution in [3.05, 3.63) is 58.9 Å². The summed E-state index contributed by atoms with van der Waals surface area (Å²) in [5.41, 5.74) is 2.23. The molecule has 1 aromatic heterocycles. The van der Waals surface area contributed by atoms with Crippen molar-refractivity contribution in [2.45, 2.75) is 25.9 Å². The van der Waals surface area contributed by atoms with Gasteiger partial charge >= 0.3 is 0 Å². The van der Waals surface area contributed by atoms with E-state index < -0.39 is 0 Å². The number of methoxy groups -OCH3 is 2. The number of rotatable bonds is 7. The standard InChI is InChI=1S/C23H27N3O3S/c1-27-20-9-8-19(15-21(20)28-2)22-24-26(23(30)29-22)16-25-12-10-18(11-13-25)14-17-6-4-3-5-7-17/h3-9,15,18H,10-14,16H2,1-2H3. The van der Waals surface area contributed by atoms with Crippen molar-refractivity contribution < 1.29 is 13.9 Å². The second-order valence-electron chi connectivity index (χ2n) is 7.63. The van der Waals surface area contributed by atoms with E-state index in [2.05, 4.69) is 40.3 Å². The van der Waals surface area contributed by atoms with Crippen molar-refractivity contribution >= 4 is 12.2 Å². The van der Waals surface area contributed by atoms with Crippen molar-refractivity contribution in [3.8, 4) is 23.0 Å². The van der Waals surface area contributed by atoms with Gasteiger partial charge in [0.05, 0.1) is 20.9 Å². The van der Waals surface area contributed by atoms with E-state index in [9.17, 15) is 0 Å². The summed E-state index contributed by atoms with van der Waals surface area (Å²) in [4.78, 5) is 2.77. The normalized spacial score (nSPS) is 15.3. The Morgan fingerprint density at radius 2 is 1.77 bits per heavy atom. The molecule has 3 aromatic rings. The molecule has 7 heteroatoms. The molecule has 0 saturated carbocycles. The van der Waals surface area contributed by atoms with Crippen LogP contribution >= 0.6 is 12.2 Å². The Labute approximate surface area is 182 Å². The summed E-state index contributed by atoms with van der Waals surface area (Å²) in [7, 11) is 3.22. The third kappa shape index (κ3) is 4.74. The van der Waals surface area contributed by atoms with Gasteiger partial charge in [-0.2, -0.15) is 0 Å². The van der Waals surface area contributed by atoms with Gasteiger partial charge < -0.3 is 13.9 Å².